The first kappa shape index (κ1) is 30.0. The summed E-state index contributed by atoms with van der Waals surface area (Å²) in [5.74, 6) is -2.30. The molecule has 218 valence electrons. The van der Waals surface area contributed by atoms with E-state index in [1.807, 2.05) is 38.1 Å². The molecule has 2 amide bonds. The molecule has 0 aromatic heterocycles. The van der Waals surface area contributed by atoms with Gasteiger partial charge in [0.2, 0.25) is 5.91 Å². The number of hydrogen-bond acceptors (Lipinski definition) is 6. The molecule has 1 aromatic rings. The maximum absolute atomic E-state index is 14.6. The Morgan fingerprint density at radius 3 is 2.70 bits per heavy atom. The minimum Gasteiger partial charge on any atom is -0.465 e. The molecular formula is C32H44N2O6. The van der Waals surface area contributed by atoms with Crippen LogP contribution in [0.1, 0.15) is 62.5 Å². The number of benzene rings is 1. The van der Waals surface area contributed by atoms with Gasteiger partial charge in [-0.2, -0.15) is 0 Å². The molecule has 0 aliphatic carbocycles. The van der Waals surface area contributed by atoms with E-state index in [2.05, 4.69) is 13.2 Å². The molecule has 3 aliphatic rings. The molecule has 2 unspecified atom stereocenters. The van der Waals surface area contributed by atoms with Gasteiger partial charge in [0.15, 0.2) is 0 Å². The zero-order valence-corrected chi connectivity index (χ0v) is 24.0. The third-order valence-electron chi connectivity index (χ3n) is 8.64. The standard InChI is InChI=1S/C32H44N2O6/c1-5-7-8-12-20-39-31(38)26-25-15-16-32(40-25)27(26)29(36)34(18-10-9-11-19-35)28(32)30(37)33(17-6-2)24-21-22(3)13-14-23(24)4/h5-6,13-14,21,25-28,35H,1-2,7-12,15-20H2,3-4H3/t25-,26+,27-,28?,32?/m0/s1. The third kappa shape index (κ3) is 5.61. The van der Waals surface area contributed by atoms with Crippen LogP contribution in [0.15, 0.2) is 43.5 Å². The Bertz CT molecular complexity index is 1120. The maximum Gasteiger partial charge on any atom is 0.312 e. The Labute approximate surface area is 238 Å². The van der Waals surface area contributed by atoms with Crippen molar-refractivity contribution < 1.29 is 29.0 Å². The number of aryl methyl sites for hydroxylation is 2. The molecular weight excluding hydrogens is 508 g/mol. The number of fused-ring (bicyclic) bond motifs is 1. The van der Waals surface area contributed by atoms with Crippen LogP contribution in [0.3, 0.4) is 0 Å². The van der Waals surface area contributed by atoms with Crippen molar-refractivity contribution in [3.63, 3.8) is 0 Å². The van der Waals surface area contributed by atoms with Gasteiger partial charge >= 0.3 is 5.97 Å². The number of allylic oxidation sites excluding steroid dienone is 1. The van der Waals surface area contributed by atoms with E-state index in [4.69, 9.17) is 9.47 Å². The number of likely N-dealkylation sites (tertiary alicyclic amines) is 1. The quantitative estimate of drug-likeness (QED) is 0.198. The van der Waals surface area contributed by atoms with Gasteiger partial charge in [-0.25, -0.2) is 0 Å². The third-order valence-corrected chi connectivity index (χ3v) is 8.64. The number of carbonyl (C=O) groups is 3. The number of esters is 1. The van der Waals surface area contributed by atoms with E-state index in [0.717, 1.165) is 42.5 Å². The number of amides is 2. The molecule has 40 heavy (non-hydrogen) atoms. The molecule has 3 aliphatic heterocycles. The Morgan fingerprint density at radius 1 is 1.18 bits per heavy atom. The van der Waals surface area contributed by atoms with Crippen molar-refractivity contribution in [3.8, 4) is 0 Å². The highest BCUT2D eigenvalue weighted by molar-refractivity contribution is 6.05. The Kier molecular flexibility index (Phi) is 9.85. The van der Waals surface area contributed by atoms with Crippen LogP contribution in [0.2, 0.25) is 0 Å². The second kappa shape index (κ2) is 13.1. The van der Waals surface area contributed by atoms with Crippen LogP contribution in [-0.2, 0) is 23.9 Å². The van der Waals surface area contributed by atoms with E-state index >= 15 is 0 Å². The van der Waals surface area contributed by atoms with Crippen LogP contribution in [0.4, 0.5) is 5.69 Å². The Hall–Kier alpha value is -2.97. The molecule has 1 spiro atoms. The fourth-order valence-electron chi connectivity index (χ4n) is 6.77. The van der Waals surface area contributed by atoms with Crippen molar-refractivity contribution in [2.24, 2.45) is 11.8 Å². The van der Waals surface area contributed by atoms with Crippen LogP contribution in [0.5, 0.6) is 0 Å². The number of aliphatic hydroxyl groups excluding tert-OH is 1. The number of unbranched alkanes of at least 4 members (excludes halogenated alkanes) is 4. The van der Waals surface area contributed by atoms with Crippen molar-refractivity contribution in [2.75, 3.05) is 31.2 Å². The second-order valence-corrected chi connectivity index (χ2v) is 11.4. The predicted octanol–water partition coefficient (Wildman–Crippen LogP) is 4.26. The number of rotatable bonds is 15. The summed E-state index contributed by atoms with van der Waals surface area (Å²) in [6.45, 7) is 12.6. The van der Waals surface area contributed by atoms with E-state index < -0.39 is 35.6 Å². The number of ether oxygens (including phenoxy) is 2. The lowest BCUT2D eigenvalue weighted by Crippen LogP contribution is -2.56. The molecule has 8 heteroatoms. The molecule has 5 atom stereocenters. The summed E-state index contributed by atoms with van der Waals surface area (Å²) >= 11 is 0. The van der Waals surface area contributed by atoms with Crippen molar-refractivity contribution in [1.29, 1.82) is 0 Å². The monoisotopic (exact) mass is 552 g/mol. The van der Waals surface area contributed by atoms with Crippen LogP contribution in [0.25, 0.3) is 0 Å². The van der Waals surface area contributed by atoms with E-state index in [-0.39, 0.29) is 31.6 Å². The van der Waals surface area contributed by atoms with Crippen molar-refractivity contribution in [3.05, 3.63) is 54.6 Å². The molecule has 1 N–H and O–H groups in total. The van der Waals surface area contributed by atoms with Gasteiger partial charge in [-0.05, 0) is 82.4 Å². The average molecular weight is 553 g/mol. The fraction of sp³-hybridized carbons (Fsp3) is 0.594. The van der Waals surface area contributed by atoms with Gasteiger partial charge in [0.25, 0.3) is 5.91 Å². The number of hydrogen-bond donors (Lipinski definition) is 1. The average Bonchev–Trinajstić information content (AvgIpc) is 3.58. The minimum atomic E-state index is -1.07. The van der Waals surface area contributed by atoms with E-state index in [0.29, 0.717) is 32.2 Å². The molecule has 0 radical (unpaired) electrons. The van der Waals surface area contributed by atoms with E-state index in [9.17, 15) is 19.5 Å². The Balaban J connectivity index is 1.66. The first-order valence-corrected chi connectivity index (χ1v) is 14.7. The van der Waals surface area contributed by atoms with E-state index in [1.165, 1.54) is 0 Å². The summed E-state index contributed by atoms with van der Waals surface area (Å²) in [5, 5.41) is 9.26. The topological polar surface area (TPSA) is 96.4 Å². The number of aliphatic hydroxyl groups is 1. The normalized spacial score (nSPS) is 26.6. The van der Waals surface area contributed by atoms with Crippen LogP contribution in [0, 0.1) is 25.7 Å². The summed E-state index contributed by atoms with van der Waals surface area (Å²) in [4.78, 5) is 45.4. The zero-order chi connectivity index (χ0) is 28.9. The highest BCUT2D eigenvalue weighted by Crippen LogP contribution is 2.59. The predicted molar refractivity (Wildman–Crippen MR) is 154 cm³/mol. The van der Waals surface area contributed by atoms with Gasteiger partial charge in [0, 0.05) is 25.4 Å². The summed E-state index contributed by atoms with van der Waals surface area (Å²) in [5.41, 5.74) is 1.68. The number of nitrogens with zero attached hydrogens (tertiary/aromatic N) is 2. The van der Waals surface area contributed by atoms with Gasteiger partial charge < -0.3 is 24.4 Å². The fourth-order valence-corrected chi connectivity index (χ4v) is 6.77. The summed E-state index contributed by atoms with van der Waals surface area (Å²) in [7, 11) is 0. The van der Waals surface area contributed by atoms with Gasteiger partial charge in [0.05, 0.1) is 24.5 Å². The van der Waals surface area contributed by atoms with E-state index in [1.54, 1.807) is 15.9 Å². The van der Waals surface area contributed by atoms with Crippen molar-refractivity contribution >= 4 is 23.5 Å². The molecule has 4 rings (SSSR count). The lowest BCUT2D eigenvalue weighted by atomic mass is 9.70. The highest BCUT2D eigenvalue weighted by atomic mass is 16.6. The SMILES string of the molecule is C=CCCCCOC(=O)[C@@H]1[C@@H]2CCC3(O2)C(C(=O)N(CC=C)c2cc(C)ccc2C)N(CCCCCO)C(=O)[C@H]13. The molecule has 2 bridgehead atoms. The largest absolute Gasteiger partial charge is 0.465 e. The number of anilines is 1. The molecule has 3 fully saturated rings. The molecule has 8 nitrogen and oxygen atoms in total. The lowest BCUT2D eigenvalue weighted by Gasteiger charge is -2.37. The van der Waals surface area contributed by atoms with Crippen LogP contribution in [-0.4, -0.2) is 71.8 Å². The van der Waals surface area contributed by atoms with Gasteiger partial charge in [-0.15, -0.1) is 13.2 Å². The molecule has 0 saturated carbocycles. The van der Waals surface area contributed by atoms with Gasteiger partial charge in [-0.3, -0.25) is 14.4 Å². The van der Waals surface area contributed by atoms with Crippen molar-refractivity contribution in [2.45, 2.75) is 83.0 Å². The van der Waals surface area contributed by atoms with Gasteiger partial charge in [0.1, 0.15) is 11.6 Å². The molecule has 1 aromatic carbocycles. The first-order valence-electron chi connectivity index (χ1n) is 14.7. The van der Waals surface area contributed by atoms with Crippen LogP contribution < -0.4 is 4.90 Å². The zero-order valence-electron chi connectivity index (χ0n) is 24.0. The summed E-state index contributed by atoms with van der Waals surface area (Å²) < 4.78 is 12.2. The summed E-state index contributed by atoms with van der Waals surface area (Å²) in [6, 6.07) is 5.12. The number of carbonyl (C=O) groups excluding carboxylic acids is 3. The second-order valence-electron chi connectivity index (χ2n) is 11.4. The molecule has 3 heterocycles. The Morgan fingerprint density at radius 2 is 1.98 bits per heavy atom. The van der Waals surface area contributed by atoms with Crippen LogP contribution >= 0.6 is 0 Å². The minimum absolute atomic E-state index is 0.0775. The summed E-state index contributed by atoms with van der Waals surface area (Å²) in [6.07, 6.45) is 8.69. The first-order chi connectivity index (χ1) is 19.3. The highest BCUT2D eigenvalue weighted by Gasteiger charge is 2.75. The van der Waals surface area contributed by atoms with Crippen molar-refractivity contribution in [1.82, 2.24) is 4.90 Å². The lowest BCUT2D eigenvalue weighted by molar-refractivity contribution is -0.155. The van der Waals surface area contributed by atoms with Gasteiger partial charge in [-0.1, -0.05) is 24.3 Å². The smallest absolute Gasteiger partial charge is 0.312 e. The maximum atomic E-state index is 14.6. The molecule has 3 saturated heterocycles.